The molecule has 0 amide bonds. The maximum Gasteiger partial charge on any atom is 0.272 e. The highest BCUT2D eigenvalue weighted by Gasteiger charge is 2.15. The first-order valence-electron chi connectivity index (χ1n) is 9.46. The summed E-state index contributed by atoms with van der Waals surface area (Å²) in [5.74, 6) is 2.19. The molecule has 10 heteroatoms. The monoisotopic (exact) mass is 411 g/mol. The number of benzene rings is 1. The molecule has 4 heterocycles. The van der Waals surface area contributed by atoms with Gasteiger partial charge in [0.2, 0.25) is 5.95 Å². The average Bonchev–Trinajstić information content (AvgIpc) is 3.26. The van der Waals surface area contributed by atoms with Crippen molar-refractivity contribution in [1.29, 1.82) is 0 Å². The Labute approximate surface area is 177 Å². The lowest BCUT2D eigenvalue weighted by Gasteiger charge is -2.08. The van der Waals surface area contributed by atoms with E-state index in [0.29, 0.717) is 28.9 Å². The Kier molecular flexibility index (Phi) is 4.64. The fourth-order valence-corrected chi connectivity index (χ4v) is 3.08. The van der Waals surface area contributed by atoms with Gasteiger partial charge in [-0.15, -0.1) is 15.3 Å². The van der Waals surface area contributed by atoms with E-state index in [1.165, 1.54) is 0 Å². The van der Waals surface area contributed by atoms with Gasteiger partial charge in [0.25, 0.3) is 5.78 Å². The molecule has 0 aliphatic rings. The van der Waals surface area contributed by atoms with Crippen molar-refractivity contribution >= 4 is 17.4 Å². The first-order chi connectivity index (χ1) is 15.2. The van der Waals surface area contributed by atoms with Gasteiger partial charge in [0.1, 0.15) is 11.4 Å². The molecule has 0 aliphatic carbocycles. The summed E-state index contributed by atoms with van der Waals surface area (Å²) < 4.78 is 6.85. The van der Waals surface area contributed by atoms with Gasteiger partial charge >= 0.3 is 0 Å². The number of aryl methyl sites for hydroxylation is 1. The van der Waals surface area contributed by atoms with Crippen LogP contribution in [0.3, 0.4) is 0 Å². The van der Waals surface area contributed by atoms with Gasteiger partial charge in [-0.3, -0.25) is 4.98 Å². The van der Waals surface area contributed by atoms with Gasteiger partial charge in [-0.25, -0.2) is 9.97 Å². The van der Waals surface area contributed by atoms with Crippen molar-refractivity contribution in [3.63, 3.8) is 0 Å². The molecule has 10 nitrogen and oxygen atoms in total. The summed E-state index contributed by atoms with van der Waals surface area (Å²) >= 11 is 0. The van der Waals surface area contributed by atoms with E-state index < -0.39 is 0 Å². The van der Waals surface area contributed by atoms with Crippen molar-refractivity contribution in [3.05, 3.63) is 66.7 Å². The number of nitrogens with one attached hydrogen (secondary N) is 1. The lowest BCUT2D eigenvalue weighted by atomic mass is 10.2. The predicted octanol–water partition coefficient (Wildman–Crippen LogP) is 3.10. The van der Waals surface area contributed by atoms with Crippen molar-refractivity contribution in [2.24, 2.45) is 0 Å². The third kappa shape index (κ3) is 3.62. The van der Waals surface area contributed by atoms with Crippen LogP contribution >= 0.6 is 0 Å². The molecule has 152 valence electrons. The van der Waals surface area contributed by atoms with E-state index in [1.807, 2.05) is 43.3 Å². The number of ether oxygens (including phenoxy) is 1. The SMILES string of the molecule is COc1ccc(Nc2nccc(-c3nnc4nc(-c5ccncc5)nn4c3C)n2)cc1. The fourth-order valence-electron chi connectivity index (χ4n) is 3.08. The number of nitrogens with zero attached hydrogens (tertiary/aromatic N) is 8. The van der Waals surface area contributed by atoms with Gasteiger partial charge in [0.15, 0.2) is 5.82 Å². The molecule has 0 radical (unpaired) electrons. The molecule has 4 aromatic heterocycles. The first-order valence-corrected chi connectivity index (χ1v) is 9.46. The molecule has 1 aromatic carbocycles. The Balaban J connectivity index is 1.48. The molecular weight excluding hydrogens is 394 g/mol. The predicted molar refractivity (Wildman–Crippen MR) is 114 cm³/mol. The minimum atomic E-state index is 0.415. The third-order valence-electron chi connectivity index (χ3n) is 4.67. The van der Waals surface area contributed by atoms with E-state index in [9.17, 15) is 0 Å². The van der Waals surface area contributed by atoms with Crippen LogP contribution in [0.25, 0.3) is 28.6 Å². The summed E-state index contributed by atoms with van der Waals surface area (Å²) in [6.07, 6.45) is 5.07. The van der Waals surface area contributed by atoms with Crippen molar-refractivity contribution in [1.82, 2.24) is 39.7 Å². The summed E-state index contributed by atoms with van der Waals surface area (Å²) in [6.45, 7) is 1.90. The number of anilines is 2. The zero-order chi connectivity index (χ0) is 21.2. The highest BCUT2D eigenvalue weighted by molar-refractivity contribution is 5.62. The Morgan fingerprint density at radius 1 is 0.903 bits per heavy atom. The van der Waals surface area contributed by atoms with E-state index in [1.54, 1.807) is 36.3 Å². The van der Waals surface area contributed by atoms with E-state index in [2.05, 4.69) is 40.5 Å². The van der Waals surface area contributed by atoms with Crippen LogP contribution in [0, 0.1) is 6.92 Å². The second kappa shape index (κ2) is 7.75. The smallest absolute Gasteiger partial charge is 0.272 e. The molecule has 1 N–H and O–H groups in total. The summed E-state index contributed by atoms with van der Waals surface area (Å²) in [5.41, 5.74) is 3.69. The summed E-state index contributed by atoms with van der Waals surface area (Å²) in [4.78, 5) is 17.4. The molecule has 0 bridgehead atoms. The fraction of sp³-hybridized carbons (Fsp3) is 0.0952. The second-order valence-corrected chi connectivity index (χ2v) is 6.64. The summed E-state index contributed by atoms with van der Waals surface area (Å²) in [6, 6.07) is 13.0. The van der Waals surface area contributed by atoms with Crippen LogP contribution in [0.5, 0.6) is 5.75 Å². The van der Waals surface area contributed by atoms with Crippen LogP contribution in [0.1, 0.15) is 5.69 Å². The van der Waals surface area contributed by atoms with Crippen molar-refractivity contribution in [2.45, 2.75) is 6.92 Å². The van der Waals surface area contributed by atoms with E-state index >= 15 is 0 Å². The maximum absolute atomic E-state index is 5.18. The molecule has 0 saturated heterocycles. The summed E-state index contributed by atoms with van der Waals surface area (Å²) in [5, 5.41) is 16.3. The van der Waals surface area contributed by atoms with Crippen LogP contribution in [-0.4, -0.2) is 46.9 Å². The standard InChI is InChI=1S/C21H17N9O/c1-13-18(27-28-21-26-19(29-30(13)21)14-7-10-22-11-8-14)17-9-12-23-20(25-17)24-15-3-5-16(31-2)6-4-15/h3-12H,1-2H3,(H,23,24,25). The number of fused-ring (bicyclic) bond motifs is 1. The van der Waals surface area contributed by atoms with Crippen molar-refractivity contribution in [3.8, 4) is 28.5 Å². The van der Waals surface area contributed by atoms with Gasteiger partial charge < -0.3 is 10.1 Å². The Bertz CT molecular complexity index is 1350. The summed E-state index contributed by atoms with van der Waals surface area (Å²) in [7, 11) is 1.63. The number of pyridine rings is 1. The van der Waals surface area contributed by atoms with Crippen molar-refractivity contribution in [2.75, 3.05) is 12.4 Å². The van der Waals surface area contributed by atoms with Gasteiger partial charge in [-0.2, -0.15) is 9.50 Å². The maximum atomic E-state index is 5.18. The number of hydrogen-bond acceptors (Lipinski definition) is 9. The van der Waals surface area contributed by atoms with Crippen LogP contribution in [0.15, 0.2) is 61.1 Å². The zero-order valence-electron chi connectivity index (χ0n) is 16.8. The Morgan fingerprint density at radius 2 is 1.71 bits per heavy atom. The van der Waals surface area contributed by atoms with Gasteiger partial charge in [-0.1, -0.05) is 0 Å². The van der Waals surface area contributed by atoms with Crippen LogP contribution in [-0.2, 0) is 0 Å². The number of rotatable bonds is 5. The third-order valence-corrected chi connectivity index (χ3v) is 4.67. The molecule has 31 heavy (non-hydrogen) atoms. The second-order valence-electron chi connectivity index (χ2n) is 6.64. The van der Waals surface area contributed by atoms with Crippen LogP contribution in [0.4, 0.5) is 11.6 Å². The molecule has 5 rings (SSSR count). The minimum Gasteiger partial charge on any atom is -0.497 e. The topological polar surface area (TPSA) is 116 Å². The molecule has 0 aliphatic heterocycles. The van der Waals surface area contributed by atoms with Gasteiger partial charge in [-0.05, 0) is 49.4 Å². The lowest BCUT2D eigenvalue weighted by molar-refractivity contribution is 0.415. The molecule has 5 aromatic rings. The van der Waals surface area contributed by atoms with E-state index in [-0.39, 0.29) is 0 Å². The van der Waals surface area contributed by atoms with Gasteiger partial charge in [0.05, 0.1) is 18.5 Å². The Hall–Kier alpha value is -4.47. The molecule has 0 fully saturated rings. The zero-order valence-corrected chi connectivity index (χ0v) is 16.8. The molecule has 0 spiro atoms. The number of methoxy groups -OCH3 is 1. The highest BCUT2D eigenvalue weighted by Crippen LogP contribution is 2.23. The number of hydrogen-bond donors (Lipinski definition) is 1. The minimum absolute atomic E-state index is 0.415. The lowest BCUT2D eigenvalue weighted by Crippen LogP contribution is -2.05. The Morgan fingerprint density at radius 3 is 2.48 bits per heavy atom. The molecule has 0 saturated carbocycles. The normalized spacial score (nSPS) is 10.9. The average molecular weight is 411 g/mol. The molecular formula is C21H17N9O. The van der Waals surface area contributed by atoms with Gasteiger partial charge in [0, 0.05) is 29.8 Å². The van der Waals surface area contributed by atoms with E-state index in [4.69, 9.17) is 4.74 Å². The van der Waals surface area contributed by atoms with Crippen molar-refractivity contribution < 1.29 is 4.74 Å². The quantitative estimate of drug-likeness (QED) is 0.465. The largest absolute Gasteiger partial charge is 0.497 e. The molecule has 0 unspecified atom stereocenters. The van der Waals surface area contributed by atoms with E-state index in [0.717, 1.165) is 22.7 Å². The van der Waals surface area contributed by atoms with Crippen LogP contribution < -0.4 is 10.1 Å². The highest BCUT2D eigenvalue weighted by atomic mass is 16.5. The first kappa shape index (κ1) is 18.6. The van der Waals surface area contributed by atoms with Crippen LogP contribution in [0.2, 0.25) is 0 Å². The number of aromatic nitrogens is 8. The molecule has 0 atom stereocenters.